The zero-order valence-electron chi connectivity index (χ0n) is 22.0. The molecule has 0 spiro atoms. The number of anilines is 1. The van der Waals surface area contributed by atoms with Crippen LogP contribution < -0.4 is 10.6 Å². The third kappa shape index (κ3) is 5.19. The lowest BCUT2D eigenvalue weighted by Gasteiger charge is -2.45. The Kier molecular flexibility index (Phi) is 7.28. The number of nitrogens with zero attached hydrogens (tertiary/aromatic N) is 9. The fourth-order valence-electron chi connectivity index (χ4n) is 5.04. The van der Waals surface area contributed by atoms with Gasteiger partial charge in [0.2, 0.25) is 0 Å². The molecule has 0 unspecified atom stereocenters. The van der Waals surface area contributed by atoms with E-state index in [2.05, 4.69) is 30.0 Å². The zero-order valence-corrected chi connectivity index (χ0v) is 22.0. The number of halogens is 2. The Hall–Kier alpha value is -3.97. The molecule has 0 saturated carbocycles. The van der Waals surface area contributed by atoms with Gasteiger partial charge in [-0.1, -0.05) is 6.07 Å². The number of hydrogen-bond donors (Lipinski definition) is 1. The normalized spacial score (nSPS) is 16.9. The van der Waals surface area contributed by atoms with Gasteiger partial charge < -0.3 is 10.0 Å². The maximum atomic E-state index is 14.9. The predicted octanol–water partition coefficient (Wildman–Crippen LogP) is 1.98. The minimum absolute atomic E-state index is 0.00242. The molecule has 0 bridgehead atoms. The van der Waals surface area contributed by atoms with Gasteiger partial charge in [0.25, 0.3) is 0 Å². The van der Waals surface area contributed by atoms with Gasteiger partial charge in [-0.2, -0.15) is 10.2 Å². The number of aromatic nitrogens is 7. The topological polar surface area (TPSA) is 110 Å². The molecule has 4 aromatic rings. The third-order valence-electron chi connectivity index (χ3n) is 7.34. The molecule has 1 fully saturated rings. The highest BCUT2D eigenvalue weighted by Crippen LogP contribution is 2.33. The summed E-state index contributed by atoms with van der Waals surface area (Å²) in [6.07, 6.45) is 5.93. The molecular weight excluding hydrogens is 508 g/mol. The smallest absolute Gasteiger partial charge is 0.350 e. The molecule has 1 aliphatic rings. The van der Waals surface area contributed by atoms with Crippen molar-refractivity contribution in [2.75, 3.05) is 31.1 Å². The van der Waals surface area contributed by atoms with Crippen LogP contribution >= 0.6 is 0 Å². The largest absolute Gasteiger partial charge is 0.381 e. The van der Waals surface area contributed by atoms with E-state index < -0.39 is 23.3 Å². The SMILES string of the molecule is CC(C)n1ncn(-c2ccc(N3CCN([C@H](C)[C@](O)(Cn4cncn4)c4ccc(F)cc4F)CC3)nc2)c1=O. The van der Waals surface area contributed by atoms with Crippen LogP contribution in [0.2, 0.25) is 0 Å². The third-order valence-corrected chi connectivity index (χ3v) is 7.34. The van der Waals surface area contributed by atoms with Gasteiger partial charge in [-0.15, -0.1) is 0 Å². The summed E-state index contributed by atoms with van der Waals surface area (Å²) in [6.45, 7) is 7.96. The monoisotopic (exact) mass is 539 g/mol. The first kappa shape index (κ1) is 26.6. The quantitative estimate of drug-likeness (QED) is 0.362. The summed E-state index contributed by atoms with van der Waals surface area (Å²) >= 11 is 0. The summed E-state index contributed by atoms with van der Waals surface area (Å²) in [5.41, 5.74) is -1.29. The molecule has 0 amide bonds. The fourth-order valence-corrected chi connectivity index (χ4v) is 5.04. The molecule has 1 N–H and O–H groups in total. The van der Waals surface area contributed by atoms with Gasteiger partial charge in [0.15, 0.2) is 0 Å². The van der Waals surface area contributed by atoms with E-state index in [0.29, 0.717) is 31.9 Å². The summed E-state index contributed by atoms with van der Waals surface area (Å²) in [4.78, 5) is 25.2. The lowest BCUT2D eigenvalue weighted by atomic mass is 9.85. The van der Waals surface area contributed by atoms with Crippen LogP contribution in [0.4, 0.5) is 14.6 Å². The zero-order chi connectivity index (χ0) is 27.7. The standard InChI is InChI=1S/C26H31F2N9O2/c1-18(2)37-25(38)36(17-32-37)21-5-7-24(30-13-21)34-10-8-33(9-11-34)19(3)26(39,14-35-16-29-15-31-35)22-6-4-20(27)12-23(22)28/h4-7,12-13,15-19,39H,8-11,14H2,1-3H3/t19-,26-/m1/s1. The predicted molar refractivity (Wildman–Crippen MR) is 140 cm³/mol. The van der Waals surface area contributed by atoms with Crippen LogP contribution in [-0.4, -0.2) is 76.3 Å². The van der Waals surface area contributed by atoms with Crippen LogP contribution in [0.5, 0.6) is 0 Å². The Morgan fingerprint density at radius 3 is 2.38 bits per heavy atom. The second-order valence-corrected chi connectivity index (χ2v) is 10.0. The van der Waals surface area contributed by atoms with Gasteiger partial charge in [0.05, 0.1) is 24.5 Å². The van der Waals surface area contributed by atoms with E-state index in [1.54, 1.807) is 6.20 Å². The molecule has 13 heteroatoms. The second-order valence-electron chi connectivity index (χ2n) is 10.0. The van der Waals surface area contributed by atoms with Crippen LogP contribution in [-0.2, 0) is 12.1 Å². The van der Waals surface area contributed by atoms with Crippen molar-refractivity contribution in [3.8, 4) is 5.69 Å². The second kappa shape index (κ2) is 10.7. The Bertz CT molecular complexity index is 1460. The minimum atomic E-state index is -1.69. The van der Waals surface area contributed by atoms with E-state index in [1.165, 1.54) is 39.0 Å². The van der Waals surface area contributed by atoms with Crippen molar-refractivity contribution in [3.63, 3.8) is 0 Å². The summed E-state index contributed by atoms with van der Waals surface area (Å²) in [5.74, 6) is -0.763. The fraction of sp³-hybridized carbons (Fsp3) is 0.423. The molecule has 206 valence electrons. The Labute approximate surface area is 224 Å². The number of piperazine rings is 1. The number of benzene rings is 1. The van der Waals surface area contributed by atoms with E-state index in [4.69, 9.17) is 0 Å². The molecule has 3 aromatic heterocycles. The van der Waals surface area contributed by atoms with Crippen molar-refractivity contribution >= 4 is 5.82 Å². The Morgan fingerprint density at radius 2 is 1.79 bits per heavy atom. The first-order valence-electron chi connectivity index (χ1n) is 12.8. The molecule has 39 heavy (non-hydrogen) atoms. The van der Waals surface area contributed by atoms with Gasteiger partial charge >= 0.3 is 5.69 Å². The van der Waals surface area contributed by atoms with E-state index in [1.807, 2.05) is 32.9 Å². The average Bonchev–Trinajstić information content (AvgIpc) is 3.57. The van der Waals surface area contributed by atoms with Gasteiger partial charge in [0.1, 0.15) is 42.0 Å². The van der Waals surface area contributed by atoms with Gasteiger partial charge in [-0.3, -0.25) is 4.90 Å². The van der Waals surface area contributed by atoms with Crippen LogP contribution in [0.15, 0.2) is 60.3 Å². The number of pyridine rings is 1. The number of hydrogen-bond acceptors (Lipinski definition) is 8. The summed E-state index contributed by atoms with van der Waals surface area (Å²) in [5, 5.41) is 20.1. The summed E-state index contributed by atoms with van der Waals surface area (Å²) < 4.78 is 32.9. The molecule has 4 heterocycles. The molecule has 0 radical (unpaired) electrons. The first-order valence-corrected chi connectivity index (χ1v) is 12.8. The van der Waals surface area contributed by atoms with Gasteiger partial charge in [-0.05, 0) is 39.0 Å². The highest BCUT2D eigenvalue weighted by Gasteiger charge is 2.42. The summed E-state index contributed by atoms with van der Waals surface area (Å²) in [6, 6.07) is 6.34. The van der Waals surface area contributed by atoms with Crippen molar-refractivity contribution in [1.82, 2.24) is 39.0 Å². The minimum Gasteiger partial charge on any atom is -0.381 e. The molecule has 1 aliphatic heterocycles. The average molecular weight is 540 g/mol. The van der Waals surface area contributed by atoms with Gasteiger partial charge in [-0.25, -0.2) is 37.5 Å². The number of aliphatic hydroxyl groups is 1. The molecular formula is C26H31F2N9O2. The number of rotatable bonds is 8. The molecule has 0 aliphatic carbocycles. The van der Waals surface area contributed by atoms with E-state index in [0.717, 1.165) is 18.0 Å². The molecule has 2 atom stereocenters. The van der Waals surface area contributed by atoms with Gasteiger partial charge in [0, 0.05) is 43.9 Å². The van der Waals surface area contributed by atoms with E-state index in [-0.39, 0.29) is 23.8 Å². The molecule has 11 nitrogen and oxygen atoms in total. The van der Waals surface area contributed by atoms with Crippen molar-refractivity contribution in [2.24, 2.45) is 0 Å². The van der Waals surface area contributed by atoms with Crippen LogP contribution in [0, 0.1) is 11.6 Å². The molecule has 1 aromatic carbocycles. The van der Waals surface area contributed by atoms with E-state index >= 15 is 0 Å². The Balaban J connectivity index is 1.31. The summed E-state index contributed by atoms with van der Waals surface area (Å²) in [7, 11) is 0. The van der Waals surface area contributed by atoms with Crippen LogP contribution in [0.3, 0.4) is 0 Å². The first-order chi connectivity index (χ1) is 18.7. The highest BCUT2D eigenvalue weighted by molar-refractivity contribution is 5.43. The van der Waals surface area contributed by atoms with Crippen molar-refractivity contribution in [1.29, 1.82) is 0 Å². The van der Waals surface area contributed by atoms with E-state index in [9.17, 15) is 18.7 Å². The van der Waals surface area contributed by atoms with Crippen LogP contribution in [0.25, 0.3) is 5.69 Å². The molecule has 5 rings (SSSR count). The lowest BCUT2D eigenvalue weighted by Crippen LogP contribution is -2.57. The highest BCUT2D eigenvalue weighted by atomic mass is 19.1. The van der Waals surface area contributed by atoms with Crippen LogP contribution in [0.1, 0.15) is 32.4 Å². The van der Waals surface area contributed by atoms with Crippen molar-refractivity contribution in [3.05, 3.63) is 83.2 Å². The maximum absolute atomic E-state index is 14.9. The molecule has 1 saturated heterocycles. The lowest BCUT2D eigenvalue weighted by molar-refractivity contribution is -0.0650. The Morgan fingerprint density at radius 1 is 1.03 bits per heavy atom. The van der Waals surface area contributed by atoms with Crippen molar-refractivity contribution < 1.29 is 13.9 Å². The maximum Gasteiger partial charge on any atom is 0.350 e. The van der Waals surface area contributed by atoms with Crippen molar-refractivity contribution in [2.45, 2.75) is 45.0 Å².